The van der Waals surface area contributed by atoms with Crippen molar-refractivity contribution in [3.63, 3.8) is 0 Å². The number of nitrogens with one attached hydrogen (secondary N) is 1. The first-order valence-corrected chi connectivity index (χ1v) is 10.6. The summed E-state index contributed by atoms with van der Waals surface area (Å²) >= 11 is 0. The molecule has 2 aromatic carbocycles. The zero-order chi connectivity index (χ0) is 24.4. The van der Waals surface area contributed by atoms with Crippen LogP contribution in [0.3, 0.4) is 0 Å². The highest BCUT2D eigenvalue weighted by molar-refractivity contribution is 7.89. The number of hydrogen-bond acceptors (Lipinski definition) is 7. The van der Waals surface area contributed by atoms with Gasteiger partial charge in [0.1, 0.15) is 16.4 Å². The van der Waals surface area contributed by atoms with Gasteiger partial charge in [0, 0.05) is 36.5 Å². The summed E-state index contributed by atoms with van der Waals surface area (Å²) in [5.74, 6) is 0.789. The van der Waals surface area contributed by atoms with Crippen LogP contribution in [0.25, 0.3) is 5.69 Å². The van der Waals surface area contributed by atoms with E-state index < -0.39 is 37.3 Å². The van der Waals surface area contributed by atoms with Gasteiger partial charge in [0.05, 0.1) is 36.6 Å². The van der Waals surface area contributed by atoms with Gasteiger partial charge in [0.2, 0.25) is 10.0 Å². The first-order chi connectivity index (χ1) is 15.5. The van der Waals surface area contributed by atoms with Crippen LogP contribution in [0.2, 0.25) is 0 Å². The molecule has 33 heavy (non-hydrogen) atoms. The fraction of sp³-hybridized carbons (Fsp3) is 0.211. The summed E-state index contributed by atoms with van der Waals surface area (Å²) in [5, 5.41) is 14.7. The van der Waals surface area contributed by atoms with E-state index in [9.17, 15) is 31.7 Å². The minimum Gasteiger partial charge on any atom is -0.497 e. The molecule has 0 amide bonds. The lowest BCUT2D eigenvalue weighted by Crippen LogP contribution is -2.25. The van der Waals surface area contributed by atoms with Crippen molar-refractivity contribution >= 4 is 15.7 Å². The summed E-state index contributed by atoms with van der Waals surface area (Å²) in [4.78, 5) is 9.73. The number of rotatable bonds is 8. The number of nitro benzene ring substituents is 1. The van der Waals surface area contributed by atoms with Gasteiger partial charge in [-0.1, -0.05) is 6.07 Å². The lowest BCUT2D eigenvalue weighted by molar-refractivity contribution is -0.385. The number of alkyl halides is 3. The van der Waals surface area contributed by atoms with Gasteiger partial charge in [0.25, 0.3) is 5.69 Å². The van der Waals surface area contributed by atoms with Crippen LogP contribution in [0, 0.1) is 10.1 Å². The molecule has 1 aromatic heterocycles. The summed E-state index contributed by atoms with van der Waals surface area (Å²) in [7, 11) is -1.62. The summed E-state index contributed by atoms with van der Waals surface area (Å²) < 4.78 is 78.2. The van der Waals surface area contributed by atoms with Crippen LogP contribution in [0.4, 0.5) is 18.9 Å². The third kappa shape index (κ3) is 5.23. The van der Waals surface area contributed by atoms with Gasteiger partial charge in [-0.15, -0.1) is 0 Å². The van der Waals surface area contributed by atoms with Crippen molar-refractivity contribution in [3.05, 3.63) is 70.0 Å². The fourth-order valence-corrected chi connectivity index (χ4v) is 4.08. The molecule has 0 atom stereocenters. The lowest BCUT2D eigenvalue weighted by Gasteiger charge is -2.14. The van der Waals surface area contributed by atoms with Crippen molar-refractivity contribution < 1.29 is 36.0 Å². The van der Waals surface area contributed by atoms with Crippen LogP contribution in [0.1, 0.15) is 11.1 Å². The molecular formula is C19H17F3N4O6S. The molecule has 1 heterocycles. The second-order valence-electron chi connectivity index (χ2n) is 6.58. The molecule has 0 bridgehead atoms. The van der Waals surface area contributed by atoms with Gasteiger partial charge in [-0.05, 0) is 12.1 Å². The van der Waals surface area contributed by atoms with Gasteiger partial charge in [-0.2, -0.15) is 18.3 Å². The van der Waals surface area contributed by atoms with Crippen LogP contribution >= 0.6 is 0 Å². The molecule has 0 aliphatic heterocycles. The molecule has 3 aromatic rings. The standard InChI is InChI=1S/C19H17F3N4O6S/c1-31-15-5-3-12(17(8-15)32-2)9-24-33(29,30)18-7-14(26(27)28)4-6-16(18)25-11-13(10-23-25)19(20,21)22/h3-8,10-11,24H,9H2,1-2H3. The molecule has 0 radical (unpaired) electrons. The Morgan fingerprint density at radius 3 is 2.45 bits per heavy atom. The SMILES string of the molecule is COc1ccc(CNS(=O)(=O)c2cc([N+](=O)[O-])ccc2-n2cc(C(F)(F)F)cn2)c(OC)c1. The number of nitrogens with zero attached hydrogens (tertiary/aromatic N) is 3. The number of benzene rings is 2. The monoisotopic (exact) mass is 486 g/mol. The number of sulfonamides is 1. The maximum Gasteiger partial charge on any atom is 0.419 e. The predicted octanol–water partition coefficient (Wildman–Crippen LogP) is 3.30. The first-order valence-electron chi connectivity index (χ1n) is 9.07. The molecule has 14 heteroatoms. The van der Waals surface area contributed by atoms with E-state index >= 15 is 0 Å². The molecule has 0 saturated carbocycles. The minimum absolute atomic E-state index is 0.273. The number of hydrogen-bond donors (Lipinski definition) is 1. The quantitative estimate of drug-likeness (QED) is 0.383. The predicted molar refractivity (Wildman–Crippen MR) is 109 cm³/mol. The van der Waals surface area contributed by atoms with Crippen LogP contribution in [-0.4, -0.2) is 37.3 Å². The van der Waals surface area contributed by atoms with E-state index in [0.29, 0.717) is 34.1 Å². The Bertz CT molecular complexity index is 1290. The van der Waals surface area contributed by atoms with Crippen molar-refractivity contribution in [1.29, 1.82) is 0 Å². The topological polar surface area (TPSA) is 126 Å². The van der Waals surface area contributed by atoms with Crippen molar-refractivity contribution in [1.82, 2.24) is 14.5 Å². The third-order valence-corrected chi connectivity index (χ3v) is 5.98. The van der Waals surface area contributed by atoms with Gasteiger partial charge in [-0.3, -0.25) is 10.1 Å². The third-order valence-electron chi connectivity index (χ3n) is 4.55. The highest BCUT2D eigenvalue weighted by atomic mass is 32.2. The smallest absolute Gasteiger partial charge is 0.419 e. The number of halogens is 3. The molecule has 0 aliphatic rings. The molecule has 0 unspecified atom stereocenters. The Balaban J connectivity index is 2.01. The van der Waals surface area contributed by atoms with Crippen molar-refractivity contribution in [3.8, 4) is 17.2 Å². The Morgan fingerprint density at radius 1 is 1.15 bits per heavy atom. The van der Waals surface area contributed by atoms with E-state index in [4.69, 9.17) is 9.47 Å². The zero-order valence-electron chi connectivity index (χ0n) is 17.2. The summed E-state index contributed by atoms with van der Waals surface area (Å²) in [5.41, 5.74) is -1.55. The maximum absolute atomic E-state index is 13.0. The molecule has 1 N–H and O–H groups in total. The molecule has 10 nitrogen and oxygen atoms in total. The Morgan fingerprint density at radius 2 is 1.88 bits per heavy atom. The summed E-state index contributed by atoms with van der Waals surface area (Å²) in [6, 6.07) is 7.39. The van der Waals surface area contributed by atoms with E-state index in [-0.39, 0.29) is 12.2 Å². The second-order valence-corrected chi connectivity index (χ2v) is 8.32. The molecule has 176 valence electrons. The van der Waals surface area contributed by atoms with Gasteiger partial charge in [-0.25, -0.2) is 17.8 Å². The largest absolute Gasteiger partial charge is 0.497 e. The first kappa shape index (κ1) is 24.0. The fourth-order valence-electron chi connectivity index (χ4n) is 2.87. The molecule has 0 fully saturated rings. The number of methoxy groups -OCH3 is 2. The number of non-ortho nitro benzene ring substituents is 1. The Hall–Kier alpha value is -3.65. The van der Waals surface area contributed by atoms with Crippen LogP contribution in [-0.2, 0) is 22.7 Å². The van der Waals surface area contributed by atoms with E-state index in [1.165, 1.54) is 20.3 Å². The van der Waals surface area contributed by atoms with Crippen LogP contribution in [0.15, 0.2) is 53.7 Å². The Labute approximate surface area is 185 Å². The molecule has 0 aliphatic carbocycles. The highest BCUT2D eigenvalue weighted by Crippen LogP contribution is 2.31. The molecular weight excluding hydrogens is 469 g/mol. The maximum atomic E-state index is 13.0. The van der Waals surface area contributed by atoms with Crippen LogP contribution in [0.5, 0.6) is 11.5 Å². The lowest BCUT2D eigenvalue weighted by atomic mass is 10.2. The number of aromatic nitrogens is 2. The van der Waals surface area contributed by atoms with Crippen LogP contribution < -0.4 is 14.2 Å². The highest BCUT2D eigenvalue weighted by Gasteiger charge is 2.33. The molecule has 0 saturated heterocycles. The van der Waals surface area contributed by atoms with Crippen molar-refractivity contribution in [2.75, 3.05) is 14.2 Å². The van der Waals surface area contributed by atoms with Gasteiger partial charge in [0.15, 0.2) is 0 Å². The minimum atomic E-state index is -4.71. The van der Waals surface area contributed by atoms with Gasteiger partial charge < -0.3 is 9.47 Å². The number of ether oxygens (including phenoxy) is 2. The second kappa shape index (κ2) is 9.07. The molecule has 3 rings (SSSR count). The normalized spacial score (nSPS) is 11.9. The van der Waals surface area contributed by atoms with Crippen molar-refractivity contribution in [2.24, 2.45) is 0 Å². The van der Waals surface area contributed by atoms with E-state index in [1.807, 2.05) is 0 Å². The van der Waals surface area contributed by atoms with E-state index in [1.54, 1.807) is 12.1 Å². The summed E-state index contributed by atoms with van der Waals surface area (Å²) in [6.45, 7) is -0.273. The van der Waals surface area contributed by atoms with E-state index in [2.05, 4.69) is 9.82 Å². The van der Waals surface area contributed by atoms with E-state index in [0.717, 1.165) is 18.2 Å². The average Bonchev–Trinajstić information content (AvgIpc) is 3.28. The number of nitro groups is 1. The van der Waals surface area contributed by atoms with Crippen molar-refractivity contribution in [2.45, 2.75) is 17.6 Å². The molecule has 0 spiro atoms. The Kier molecular flexibility index (Phi) is 6.60. The van der Waals surface area contributed by atoms with Gasteiger partial charge >= 0.3 is 6.18 Å². The zero-order valence-corrected chi connectivity index (χ0v) is 18.0. The summed E-state index contributed by atoms with van der Waals surface area (Å²) in [6.07, 6.45) is -3.60. The average molecular weight is 486 g/mol.